The molecule has 0 saturated heterocycles. The first-order valence-electron chi connectivity index (χ1n) is 5.68. The predicted molar refractivity (Wildman–Crippen MR) is 72.9 cm³/mol. The van der Waals surface area contributed by atoms with Crippen LogP contribution in [0.15, 0.2) is 42.5 Å². The molecule has 116 valence electrons. The number of non-ortho nitro benzene ring substituents is 1. The Hall–Kier alpha value is -0.120. The number of nitro benzene ring substituents is 1. The Morgan fingerprint density at radius 3 is 2.08 bits per heavy atom. The molecule has 24 heavy (non-hydrogen) atoms. The van der Waals surface area contributed by atoms with Crippen LogP contribution < -0.4 is 78.2 Å². The molecular weight excluding hydrogens is 383 g/mol. The molecule has 0 saturated carbocycles. The molecule has 12 heteroatoms. The normalized spacial score (nSPS) is 10.1. The van der Waals surface area contributed by atoms with E-state index in [0.717, 1.165) is 6.07 Å². The van der Waals surface area contributed by atoms with Crippen molar-refractivity contribution >= 4 is 25.1 Å². The molecule has 0 N–H and O–H groups in total. The van der Waals surface area contributed by atoms with E-state index in [-0.39, 0.29) is 87.1 Å². The number of nitrogens with zero attached hydrogens (tertiary/aromatic N) is 1. The molecule has 0 heterocycles. The number of benzene rings is 2. The minimum Gasteiger partial charge on any atom is -0.780 e. The summed E-state index contributed by atoms with van der Waals surface area (Å²) in [6.07, 6.45) is 0. The molecule has 2 aromatic carbocycles. The minimum atomic E-state index is -5.29. The third kappa shape index (κ3) is 7.41. The van der Waals surface area contributed by atoms with Gasteiger partial charge in [-0.1, -0.05) is 11.6 Å². The Morgan fingerprint density at radius 1 is 1.00 bits per heavy atom. The summed E-state index contributed by atoms with van der Waals surface area (Å²) in [5.41, 5.74) is -0.136. The Balaban J connectivity index is 0.00000264. The largest absolute Gasteiger partial charge is 1.00 e. The van der Waals surface area contributed by atoms with Crippen LogP contribution in [0, 0.1) is 10.1 Å². The van der Waals surface area contributed by atoms with Gasteiger partial charge >= 0.3 is 59.1 Å². The van der Waals surface area contributed by atoms with Gasteiger partial charge in [0.15, 0.2) is 11.5 Å². The smallest absolute Gasteiger partial charge is 0.780 e. The van der Waals surface area contributed by atoms with Crippen LogP contribution in [0.25, 0.3) is 0 Å². The molecule has 0 spiro atoms. The maximum atomic E-state index is 10.7. The standard InChI is InChI=1S/C12H9ClNO7P.2Na/c13-8-1-6-11(12(7-8)21-22(17,18)19)20-10-4-2-9(3-5-10)14(15)16;;/h1-7H,(H2,17,18,19);;/q;2*+1/p-2. The zero-order chi connectivity index (χ0) is 16.3. The van der Waals surface area contributed by atoms with E-state index < -0.39 is 12.7 Å². The number of halogens is 1. The Bertz CT molecular complexity index is 754. The van der Waals surface area contributed by atoms with E-state index in [1.54, 1.807) is 0 Å². The molecule has 0 aliphatic rings. The summed E-state index contributed by atoms with van der Waals surface area (Å²) < 4.78 is 20.3. The molecule has 8 nitrogen and oxygen atoms in total. The second kappa shape index (κ2) is 10.1. The number of phosphoric acid groups is 1. The summed E-state index contributed by atoms with van der Waals surface area (Å²) in [5.74, 6) is -0.270. The van der Waals surface area contributed by atoms with Crippen molar-refractivity contribution in [3.63, 3.8) is 0 Å². The average molecular weight is 390 g/mol. The monoisotopic (exact) mass is 389 g/mol. The number of hydrogen-bond donors (Lipinski definition) is 0. The van der Waals surface area contributed by atoms with Crippen LogP contribution in [-0.4, -0.2) is 4.92 Å². The van der Waals surface area contributed by atoms with E-state index in [0.29, 0.717) is 0 Å². The first-order chi connectivity index (χ1) is 10.2. The van der Waals surface area contributed by atoms with Gasteiger partial charge < -0.3 is 23.6 Å². The minimum absolute atomic E-state index is 0. The molecule has 2 aromatic rings. The number of rotatable bonds is 5. The fraction of sp³-hybridized carbons (Fsp3) is 0. The summed E-state index contributed by atoms with van der Waals surface area (Å²) in [7, 11) is -5.29. The van der Waals surface area contributed by atoms with Crippen molar-refractivity contribution in [1.82, 2.24) is 0 Å². The Labute approximate surface area is 186 Å². The van der Waals surface area contributed by atoms with Gasteiger partial charge in [0.05, 0.1) is 4.92 Å². The van der Waals surface area contributed by atoms with Gasteiger partial charge in [-0.2, -0.15) is 0 Å². The molecule has 0 aliphatic carbocycles. The number of nitro groups is 1. The van der Waals surface area contributed by atoms with Crippen molar-refractivity contribution in [2.45, 2.75) is 0 Å². The Kier molecular flexibility index (Phi) is 10.1. The van der Waals surface area contributed by atoms with Gasteiger partial charge in [-0.15, -0.1) is 0 Å². The molecule has 0 bridgehead atoms. The van der Waals surface area contributed by atoms with Gasteiger partial charge in [0.1, 0.15) is 13.6 Å². The maximum Gasteiger partial charge on any atom is 1.00 e. The van der Waals surface area contributed by atoms with Crippen molar-refractivity contribution in [1.29, 1.82) is 0 Å². The van der Waals surface area contributed by atoms with Crippen LogP contribution in [0.1, 0.15) is 0 Å². The molecule has 2 rings (SSSR count). The molecular formula is C12H7ClNNa2O7P. The number of ether oxygens (including phenoxy) is 1. The van der Waals surface area contributed by atoms with Crippen molar-refractivity contribution in [3.05, 3.63) is 57.6 Å². The quantitative estimate of drug-likeness (QED) is 0.223. The molecule has 0 unspecified atom stereocenters. The summed E-state index contributed by atoms with van der Waals surface area (Å²) in [6, 6.07) is 8.83. The van der Waals surface area contributed by atoms with Crippen LogP contribution in [0.2, 0.25) is 5.02 Å². The second-order valence-corrected chi connectivity index (χ2v) is 5.50. The van der Waals surface area contributed by atoms with E-state index in [9.17, 15) is 24.5 Å². The molecule has 0 radical (unpaired) electrons. The van der Waals surface area contributed by atoms with Crippen LogP contribution in [0.4, 0.5) is 5.69 Å². The van der Waals surface area contributed by atoms with Gasteiger partial charge in [-0.3, -0.25) is 10.1 Å². The van der Waals surface area contributed by atoms with Crippen LogP contribution >= 0.6 is 19.4 Å². The fourth-order valence-corrected chi connectivity index (χ4v) is 2.07. The molecule has 0 fully saturated rings. The summed E-state index contributed by atoms with van der Waals surface area (Å²) in [4.78, 5) is 31.4. The molecule has 0 aliphatic heterocycles. The van der Waals surface area contributed by atoms with Crippen LogP contribution in [-0.2, 0) is 4.57 Å². The predicted octanol–water partition coefficient (Wildman–Crippen LogP) is -3.74. The van der Waals surface area contributed by atoms with Crippen molar-refractivity contribution in [3.8, 4) is 17.2 Å². The van der Waals surface area contributed by atoms with Crippen LogP contribution in [0.5, 0.6) is 17.2 Å². The van der Waals surface area contributed by atoms with Gasteiger partial charge in [0.2, 0.25) is 0 Å². The molecule has 0 aromatic heterocycles. The van der Waals surface area contributed by atoms with E-state index in [2.05, 4.69) is 4.52 Å². The topological polar surface area (TPSA) is 125 Å². The SMILES string of the molecule is O=[N+]([O-])c1ccc(Oc2ccc(Cl)cc2OP(=O)([O-])[O-])cc1.[Na+].[Na+]. The third-order valence-corrected chi connectivity index (χ3v) is 3.05. The second-order valence-electron chi connectivity index (χ2n) is 3.98. The van der Waals surface area contributed by atoms with Crippen molar-refractivity contribution in [2.24, 2.45) is 0 Å². The first kappa shape index (κ1) is 23.9. The van der Waals surface area contributed by atoms with Gasteiger partial charge in [-0.05, 0) is 24.3 Å². The summed E-state index contributed by atoms with van der Waals surface area (Å²) >= 11 is 5.70. The third-order valence-electron chi connectivity index (χ3n) is 2.39. The van der Waals surface area contributed by atoms with Crippen LogP contribution in [0.3, 0.4) is 0 Å². The fourth-order valence-electron chi connectivity index (χ4n) is 1.52. The van der Waals surface area contributed by atoms with E-state index in [1.807, 2.05) is 0 Å². The average Bonchev–Trinajstić information content (AvgIpc) is 2.41. The first-order valence-corrected chi connectivity index (χ1v) is 7.52. The van der Waals surface area contributed by atoms with Gasteiger partial charge in [0.25, 0.3) is 5.69 Å². The molecule has 0 amide bonds. The Morgan fingerprint density at radius 2 is 1.58 bits per heavy atom. The number of phosphoric ester groups is 1. The maximum absolute atomic E-state index is 10.7. The zero-order valence-electron chi connectivity index (χ0n) is 12.7. The van der Waals surface area contributed by atoms with Gasteiger partial charge in [-0.25, -0.2) is 0 Å². The van der Waals surface area contributed by atoms with Crippen molar-refractivity contribution in [2.75, 3.05) is 0 Å². The number of hydrogen-bond acceptors (Lipinski definition) is 7. The molecule has 0 atom stereocenters. The van der Waals surface area contributed by atoms with E-state index in [1.165, 1.54) is 36.4 Å². The van der Waals surface area contributed by atoms with E-state index >= 15 is 0 Å². The van der Waals surface area contributed by atoms with E-state index in [4.69, 9.17) is 16.3 Å². The summed E-state index contributed by atoms with van der Waals surface area (Å²) in [6.45, 7) is 0. The van der Waals surface area contributed by atoms with Crippen molar-refractivity contribution < 1.29 is 87.7 Å². The van der Waals surface area contributed by atoms with Gasteiger partial charge in [0, 0.05) is 23.2 Å². The zero-order valence-corrected chi connectivity index (χ0v) is 18.3. The summed E-state index contributed by atoms with van der Waals surface area (Å²) in [5, 5.41) is 10.7.